The van der Waals surface area contributed by atoms with E-state index in [1.54, 1.807) is 0 Å². The van der Waals surface area contributed by atoms with Crippen molar-refractivity contribution in [3.8, 4) is 0 Å². The Kier molecular flexibility index (Phi) is 6.88. The van der Waals surface area contributed by atoms with E-state index >= 15 is 0 Å². The predicted octanol–water partition coefficient (Wildman–Crippen LogP) is 4.08. The Hall–Kier alpha value is -2.27. The molecule has 126 valence electrons. The van der Waals surface area contributed by atoms with Crippen molar-refractivity contribution in [3.05, 3.63) is 60.2 Å². The van der Waals surface area contributed by atoms with E-state index in [9.17, 15) is 9.59 Å². The number of carbonyl (C=O) groups excluding carboxylic acids is 2. The van der Waals surface area contributed by atoms with E-state index in [4.69, 9.17) is 0 Å². The molecule has 0 aliphatic rings. The first-order valence-electron chi connectivity index (χ1n) is 7.92. The van der Waals surface area contributed by atoms with Crippen LogP contribution in [-0.4, -0.2) is 22.8 Å². The van der Waals surface area contributed by atoms with E-state index in [1.807, 2.05) is 68.4 Å². The monoisotopic (exact) mass is 342 g/mol. The van der Waals surface area contributed by atoms with Gasteiger partial charge in [0.05, 0.1) is 11.0 Å². The van der Waals surface area contributed by atoms with Crippen LogP contribution in [-0.2, 0) is 9.59 Å². The van der Waals surface area contributed by atoms with Crippen molar-refractivity contribution < 1.29 is 9.59 Å². The molecule has 0 aliphatic carbocycles. The van der Waals surface area contributed by atoms with Gasteiger partial charge in [0.1, 0.15) is 0 Å². The van der Waals surface area contributed by atoms with Crippen molar-refractivity contribution in [1.82, 2.24) is 0 Å². The van der Waals surface area contributed by atoms with E-state index in [0.29, 0.717) is 6.42 Å². The fraction of sp³-hybridized carbons (Fsp3) is 0.263. The number of hydrogen-bond donors (Lipinski definition) is 2. The van der Waals surface area contributed by atoms with Gasteiger partial charge in [0.25, 0.3) is 0 Å². The predicted molar refractivity (Wildman–Crippen MR) is 101 cm³/mol. The maximum atomic E-state index is 12.4. The third kappa shape index (κ3) is 5.74. The summed E-state index contributed by atoms with van der Waals surface area (Å²) in [5.74, 6) is 0.0721. The maximum absolute atomic E-state index is 12.4. The summed E-state index contributed by atoms with van der Waals surface area (Å²) < 4.78 is 0. The summed E-state index contributed by atoms with van der Waals surface area (Å²) in [6.07, 6.45) is 0.668. The lowest BCUT2D eigenvalue weighted by Gasteiger charge is -2.15. The zero-order valence-electron chi connectivity index (χ0n) is 13.9. The van der Waals surface area contributed by atoms with Gasteiger partial charge in [0.15, 0.2) is 0 Å². The molecule has 2 amide bonds. The summed E-state index contributed by atoms with van der Waals surface area (Å²) in [5, 5.41) is 5.48. The van der Waals surface area contributed by atoms with Crippen LogP contribution in [0.15, 0.2) is 54.6 Å². The lowest BCUT2D eigenvalue weighted by Crippen LogP contribution is -2.26. The van der Waals surface area contributed by atoms with Gasteiger partial charge in [-0.2, -0.15) is 0 Å². The van der Waals surface area contributed by atoms with Gasteiger partial charge in [0.2, 0.25) is 11.8 Å². The van der Waals surface area contributed by atoms with Crippen LogP contribution in [0.2, 0.25) is 0 Å². The molecule has 0 aliphatic heterocycles. The number of benzene rings is 2. The summed E-state index contributed by atoms with van der Waals surface area (Å²) in [5.41, 5.74) is 2.64. The average Bonchev–Trinajstić information content (AvgIpc) is 2.56. The summed E-state index contributed by atoms with van der Waals surface area (Å²) in [6.45, 7) is 3.93. The second-order valence-corrected chi connectivity index (χ2v) is 6.67. The molecule has 0 heterocycles. The molecule has 5 heteroatoms. The minimum atomic E-state index is -0.257. The zero-order chi connectivity index (χ0) is 17.4. The Morgan fingerprint density at radius 2 is 1.71 bits per heavy atom. The molecule has 0 saturated heterocycles. The lowest BCUT2D eigenvalue weighted by molar-refractivity contribution is -0.115. The highest BCUT2D eigenvalue weighted by Gasteiger charge is 2.18. The molecule has 0 spiro atoms. The van der Waals surface area contributed by atoms with Gasteiger partial charge in [-0.3, -0.25) is 9.59 Å². The van der Waals surface area contributed by atoms with Crippen LogP contribution in [0, 0.1) is 6.92 Å². The Morgan fingerprint density at radius 3 is 2.38 bits per heavy atom. The minimum Gasteiger partial charge on any atom is -0.325 e. The van der Waals surface area contributed by atoms with Crippen molar-refractivity contribution in [2.75, 3.05) is 16.4 Å². The Labute approximate surface area is 147 Å². The van der Waals surface area contributed by atoms with Gasteiger partial charge >= 0.3 is 0 Å². The molecule has 0 radical (unpaired) electrons. The molecule has 4 nitrogen and oxygen atoms in total. The number of aryl methyl sites for hydroxylation is 1. The molecule has 0 aromatic heterocycles. The Balaban J connectivity index is 1.84. The summed E-state index contributed by atoms with van der Waals surface area (Å²) in [6, 6.07) is 17.0. The van der Waals surface area contributed by atoms with Gasteiger partial charge in [-0.1, -0.05) is 37.3 Å². The van der Waals surface area contributed by atoms with E-state index in [-0.39, 0.29) is 22.8 Å². The van der Waals surface area contributed by atoms with Crippen molar-refractivity contribution in [3.63, 3.8) is 0 Å². The molecular weight excluding hydrogens is 320 g/mol. The minimum absolute atomic E-state index is 0.0689. The van der Waals surface area contributed by atoms with E-state index in [0.717, 1.165) is 16.9 Å². The number of thioether (sulfide) groups is 1. The molecular formula is C19H22N2O2S. The molecule has 1 atom stereocenters. The van der Waals surface area contributed by atoms with E-state index < -0.39 is 0 Å². The lowest BCUT2D eigenvalue weighted by atomic mass is 10.2. The van der Waals surface area contributed by atoms with Gasteiger partial charge in [0, 0.05) is 11.4 Å². The Bertz CT molecular complexity index is 689. The third-order valence-corrected chi connectivity index (χ3v) is 4.80. The van der Waals surface area contributed by atoms with Gasteiger partial charge < -0.3 is 10.6 Å². The highest BCUT2D eigenvalue weighted by molar-refractivity contribution is 8.01. The zero-order valence-corrected chi connectivity index (χ0v) is 14.7. The summed E-state index contributed by atoms with van der Waals surface area (Å²) >= 11 is 1.36. The van der Waals surface area contributed by atoms with Crippen LogP contribution in [0.1, 0.15) is 18.9 Å². The van der Waals surface area contributed by atoms with Crippen LogP contribution in [0.4, 0.5) is 11.4 Å². The molecule has 2 N–H and O–H groups in total. The molecule has 0 bridgehead atoms. The number of rotatable bonds is 7. The number of para-hydroxylation sites is 1. The first kappa shape index (κ1) is 18.1. The van der Waals surface area contributed by atoms with Crippen molar-refractivity contribution in [2.24, 2.45) is 0 Å². The number of nitrogens with one attached hydrogen (secondary N) is 2. The Morgan fingerprint density at radius 1 is 1.00 bits per heavy atom. The first-order valence-corrected chi connectivity index (χ1v) is 8.97. The maximum Gasteiger partial charge on any atom is 0.237 e. The topological polar surface area (TPSA) is 58.2 Å². The van der Waals surface area contributed by atoms with Gasteiger partial charge in [-0.05, 0) is 43.2 Å². The van der Waals surface area contributed by atoms with Crippen molar-refractivity contribution >= 4 is 35.0 Å². The molecule has 1 unspecified atom stereocenters. The van der Waals surface area contributed by atoms with E-state index in [2.05, 4.69) is 10.6 Å². The number of hydrogen-bond acceptors (Lipinski definition) is 3. The van der Waals surface area contributed by atoms with Crippen molar-refractivity contribution in [1.29, 1.82) is 0 Å². The number of amides is 2. The quantitative estimate of drug-likeness (QED) is 0.797. The molecule has 2 rings (SSSR count). The average molecular weight is 342 g/mol. The summed E-state index contributed by atoms with van der Waals surface area (Å²) in [4.78, 5) is 24.4. The fourth-order valence-electron chi connectivity index (χ4n) is 2.22. The summed E-state index contributed by atoms with van der Waals surface area (Å²) in [7, 11) is 0. The second kappa shape index (κ2) is 9.13. The smallest absolute Gasteiger partial charge is 0.237 e. The van der Waals surface area contributed by atoms with Crippen molar-refractivity contribution in [2.45, 2.75) is 25.5 Å². The number of carbonyl (C=O) groups is 2. The van der Waals surface area contributed by atoms with E-state index in [1.165, 1.54) is 11.8 Å². The standard InChI is InChI=1S/C19H22N2O2S/c1-3-17(19(23)21-16-11-7-8-14(2)12-16)24-13-18(22)20-15-9-5-4-6-10-15/h4-12,17H,3,13H2,1-2H3,(H,20,22)(H,21,23). The van der Waals surface area contributed by atoms with Crippen LogP contribution in [0.3, 0.4) is 0 Å². The molecule has 0 fully saturated rings. The molecule has 0 saturated carbocycles. The van der Waals surface area contributed by atoms with Crippen LogP contribution in [0.5, 0.6) is 0 Å². The molecule has 2 aromatic carbocycles. The fourth-order valence-corrected chi connectivity index (χ4v) is 3.09. The SMILES string of the molecule is CCC(SCC(=O)Nc1ccccc1)C(=O)Nc1cccc(C)c1. The second-order valence-electron chi connectivity index (χ2n) is 5.48. The molecule has 2 aromatic rings. The van der Waals surface area contributed by atoms with Gasteiger partial charge in [-0.25, -0.2) is 0 Å². The van der Waals surface area contributed by atoms with Crippen LogP contribution < -0.4 is 10.6 Å². The highest BCUT2D eigenvalue weighted by atomic mass is 32.2. The highest BCUT2D eigenvalue weighted by Crippen LogP contribution is 2.18. The largest absolute Gasteiger partial charge is 0.325 e. The normalized spacial score (nSPS) is 11.6. The van der Waals surface area contributed by atoms with Crippen LogP contribution in [0.25, 0.3) is 0 Å². The van der Waals surface area contributed by atoms with Crippen LogP contribution >= 0.6 is 11.8 Å². The third-order valence-electron chi connectivity index (χ3n) is 3.42. The first-order chi connectivity index (χ1) is 11.6. The number of anilines is 2. The molecule has 24 heavy (non-hydrogen) atoms. The van der Waals surface area contributed by atoms with Gasteiger partial charge in [-0.15, -0.1) is 11.8 Å².